The second-order valence-corrected chi connectivity index (χ2v) is 7.49. The quantitative estimate of drug-likeness (QED) is 0.500. The fourth-order valence-electron chi connectivity index (χ4n) is 1.46. The molecular formula is C12H23N5O2S2. The Bertz CT molecular complexity index is 566. The Morgan fingerprint density at radius 1 is 1.48 bits per heavy atom. The van der Waals surface area contributed by atoms with E-state index in [1.54, 1.807) is 11.3 Å². The van der Waals surface area contributed by atoms with Crippen molar-refractivity contribution in [1.82, 2.24) is 15.6 Å². The van der Waals surface area contributed by atoms with E-state index in [1.807, 2.05) is 12.3 Å². The smallest absolute Gasteiger partial charge is 0.210 e. The Balaban J connectivity index is 2.57. The lowest BCUT2D eigenvalue weighted by Gasteiger charge is -2.10. The molecule has 7 nitrogen and oxygen atoms in total. The Morgan fingerprint density at radius 2 is 2.19 bits per heavy atom. The van der Waals surface area contributed by atoms with Crippen LogP contribution in [0.25, 0.3) is 0 Å². The molecule has 0 saturated carbocycles. The highest BCUT2D eigenvalue weighted by molar-refractivity contribution is 7.89. The molecule has 0 aliphatic heterocycles. The number of guanidine groups is 1. The SMILES string of the molecule is CCNC(=NCc1nc(C(C)C)cs1)NCCS(N)(=O)=O. The van der Waals surface area contributed by atoms with Crippen molar-refractivity contribution < 1.29 is 8.42 Å². The number of nitrogens with two attached hydrogens (primary N) is 1. The van der Waals surface area contributed by atoms with Crippen molar-refractivity contribution in [3.8, 4) is 0 Å². The molecule has 0 spiro atoms. The summed E-state index contributed by atoms with van der Waals surface area (Å²) in [6.45, 7) is 7.51. The van der Waals surface area contributed by atoms with Gasteiger partial charge in [-0.3, -0.25) is 0 Å². The number of rotatable bonds is 7. The first-order chi connectivity index (χ1) is 9.81. The summed E-state index contributed by atoms with van der Waals surface area (Å²) < 4.78 is 21.8. The van der Waals surface area contributed by atoms with Crippen LogP contribution in [-0.4, -0.2) is 38.2 Å². The summed E-state index contributed by atoms with van der Waals surface area (Å²) in [6, 6.07) is 0. The molecular weight excluding hydrogens is 310 g/mol. The van der Waals surface area contributed by atoms with Crippen LogP contribution in [0.4, 0.5) is 0 Å². The zero-order chi connectivity index (χ0) is 15.9. The lowest BCUT2D eigenvalue weighted by molar-refractivity contribution is 0.596. The molecule has 1 rings (SSSR count). The number of nitrogens with zero attached hydrogens (tertiary/aromatic N) is 2. The molecule has 0 aliphatic rings. The van der Waals surface area contributed by atoms with Crippen LogP contribution in [0.2, 0.25) is 0 Å². The van der Waals surface area contributed by atoms with E-state index < -0.39 is 10.0 Å². The molecule has 0 radical (unpaired) electrons. The highest BCUT2D eigenvalue weighted by atomic mass is 32.2. The topological polar surface area (TPSA) is 109 Å². The van der Waals surface area contributed by atoms with Gasteiger partial charge in [0.05, 0.1) is 18.0 Å². The average Bonchev–Trinajstić information content (AvgIpc) is 2.83. The molecule has 120 valence electrons. The van der Waals surface area contributed by atoms with Gasteiger partial charge in [-0.05, 0) is 12.8 Å². The molecule has 9 heteroatoms. The van der Waals surface area contributed by atoms with E-state index in [9.17, 15) is 8.42 Å². The molecule has 0 aliphatic carbocycles. The van der Waals surface area contributed by atoms with Gasteiger partial charge < -0.3 is 10.6 Å². The van der Waals surface area contributed by atoms with E-state index in [-0.39, 0.29) is 12.3 Å². The van der Waals surface area contributed by atoms with Crippen LogP contribution >= 0.6 is 11.3 Å². The van der Waals surface area contributed by atoms with Crippen LogP contribution in [0, 0.1) is 0 Å². The number of thiazole rings is 1. The standard InChI is InChI=1S/C12H23N5O2S2/c1-4-14-12(15-5-6-21(13,18)19)16-7-11-17-10(8-20-11)9(2)3/h8-9H,4-7H2,1-3H3,(H2,13,18,19)(H2,14,15,16). The molecule has 0 unspecified atom stereocenters. The number of sulfonamides is 1. The zero-order valence-corrected chi connectivity index (χ0v) is 14.2. The minimum Gasteiger partial charge on any atom is -0.357 e. The predicted octanol–water partition coefficient (Wildman–Crippen LogP) is 0.610. The van der Waals surface area contributed by atoms with Crippen molar-refractivity contribution in [2.75, 3.05) is 18.8 Å². The summed E-state index contributed by atoms with van der Waals surface area (Å²) >= 11 is 1.58. The van der Waals surface area contributed by atoms with Crippen LogP contribution in [0.1, 0.15) is 37.4 Å². The van der Waals surface area contributed by atoms with Crippen molar-refractivity contribution in [1.29, 1.82) is 0 Å². The van der Waals surface area contributed by atoms with Crippen molar-refractivity contribution in [2.45, 2.75) is 33.2 Å². The summed E-state index contributed by atoms with van der Waals surface area (Å²) in [5.74, 6) is 0.828. The first-order valence-corrected chi connectivity index (χ1v) is 9.38. The summed E-state index contributed by atoms with van der Waals surface area (Å²) in [4.78, 5) is 8.88. The fourth-order valence-corrected chi connectivity index (χ4v) is 2.73. The van der Waals surface area contributed by atoms with Crippen molar-refractivity contribution >= 4 is 27.3 Å². The largest absolute Gasteiger partial charge is 0.357 e. The fraction of sp³-hybridized carbons (Fsp3) is 0.667. The molecule has 0 saturated heterocycles. The number of nitrogens with one attached hydrogen (secondary N) is 2. The van der Waals surface area contributed by atoms with Crippen LogP contribution in [-0.2, 0) is 16.6 Å². The van der Waals surface area contributed by atoms with Gasteiger partial charge in [-0.25, -0.2) is 23.5 Å². The number of aliphatic imine (C=N–C) groups is 1. The maximum atomic E-state index is 10.9. The van der Waals surface area contributed by atoms with Gasteiger partial charge in [0, 0.05) is 18.5 Å². The van der Waals surface area contributed by atoms with Crippen LogP contribution < -0.4 is 15.8 Å². The highest BCUT2D eigenvalue weighted by Gasteiger charge is 2.06. The minimum atomic E-state index is -3.46. The summed E-state index contributed by atoms with van der Waals surface area (Å²) in [5.41, 5.74) is 1.07. The minimum absolute atomic E-state index is 0.133. The van der Waals surface area contributed by atoms with Crippen LogP contribution in [0.5, 0.6) is 0 Å². The molecule has 1 aromatic heterocycles. The highest BCUT2D eigenvalue weighted by Crippen LogP contribution is 2.18. The van der Waals surface area contributed by atoms with E-state index >= 15 is 0 Å². The number of hydrogen-bond acceptors (Lipinski definition) is 5. The molecule has 0 aromatic carbocycles. The van der Waals surface area contributed by atoms with E-state index in [0.29, 0.717) is 25.0 Å². The molecule has 21 heavy (non-hydrogen) atoms. The number of hydrogen-bond donors (Lipinski definition) is 3. The van der Waals surface area contributed by atoms with Gasteiger partial charge in [-0.1, -0.05) is 13.8 Å². The van der Waals surface area contributed by atoms with Gasteiger partial charge in [0.25, 0.3) is 0 Å². The van der Waals surface area contributed by atoms with Gasteiger partial charge in [-0.2, -0.15) is 0 Å². The van der Waals surface area contributed by atoms with E-state index in [1.165, 1.54) is 0 Å². The van der Waals surface area contributed by atoms with Gasteiger partial charge in [0.15, 0.2) is 5.96 Å². The van der Waals surface area contributed by atoms with E-state index in [0.717, 1.165) is 10.7 Å². The molecule has 1 aromatic rings. The Kier molecular flexibility index (Phi) is 7.06. The molecule has 1 heterocycles. The molecule has 0 bridgehead atoms. The normalized spacial score (nSPS) is 12.7. The Labute approximate surface area is 130 Å². The lowest BCUT2D eigenvalue weighted by atomic mass is 10.2. The second-order valence-electron chi connectivity index (χ2n) is 4.81. The summed E-state index contributed by atoms with van der Waals surface area (Å²) in [6.07, 6.45) is 0. The van der Waals surface area contributed by atoms with Crippen LogP contribution in [0.15, 0.2) is 10.4 Å². The van der Waals surface area contributed by atoms with Gasteiger partial charge in [0.2, 0.25) is 10.0 Å². The third-order valence-corrected chi connectivity index (χ3v) is 4.18. The number of aromatic nitrogens is 1. The first-order valence-electron chi connectivity index (χ1n) is 6.78. The monoisotopic (exact) mass is 333 g/mol. The average molecular weight is 333 g/mol. The van der Waals surface area contributed by atoms with Crippen LogP contribution in [0.3, 0.4) is 0 Å². The summed E-state index contributed by atoms with van der Waals surface area (Å²) in [7, 11) is -3.46. The maximum Gasteiger partial charge on any atom is 0.210 e. The lowest BCUT2D eigenvalue weighted by Crippen LogP contribution is -2.40. The van der Waals surface area contributed by atoms with E-state index in [4.69, 9.17) is 5.14 Å². The van der Waals surface area contributed by atoms with E-state index in [2.05, 4.69) is 34.5 Å². The Morgan fingerprint density at radius 3 is 2.71 bits per heavy atom. The maximum absolute atomic E-state index is 10.9. The molecule has 0 amide bonds. The second kappa shape index (κ2) is 8.30. The molecule has 0 fully saturated rings. The van der Waals surface area contributed by atoms with Crippen molar-refractivity contribution in [2.24, 2.45) is 10.1 Å². The molecule has 0 atom stereocenters. The zero-order valence-electron chi connectivity index (χ0n) is 12.6. The Hall–Kier alpha value is -1.19. The third-order valence-electron chi connectivity index (χ3n) is 2.56. The predicted molar refractivity (Wildman–Crippen MR) is 87.0 cm³/mol. The van der Waals surface area contributed by atoms with Gasteiger partial charge >= 0.3 is 0 Å². The van der Waals surface area contributed by atoms with Crippen molar-refractivity contribution in [3.05, 3.63) is 16.1 Å². The van der Waals surface area contributed by atoms with Gasteiger partial charge in [-0.15, -0.1) is 11.3 Å². The van der Waals surface area contributed by atoms with Gasteiger partial charge in [0.1, 0.15) is 5.01 Å². The first kappa shape index (κ1) is 17.9. The summed E-state index contributed by atoms with van der Waals surface area (Å²) in [5, 5.41) is 13.9. The third kappa shape index (κ3) is 7.39. The molecule has 4 N–H and O–H groups in total. The van der Waals surface area contributed by atoms with Crippen molar-refractivity contribution in [3.63, 3.8) is 0 Å². The number of primary sulfonamides is 1.